The largest absolute Gasteiger partial charge is 0.285 e. The Morgan fingerprint density at radius 1 is 0.727 bits per heavy atom. The van der Waals surface area contributed by atoms with E-state index in [0.29, 0.717) is 22.1 Å². The molecule has 2 nitrogen and oxygen atoms in total. The lowest BCUT2D eigenvalue weighted by molar-refractivity contribution is 0.0825. The van der Waals surface area contributed by atoms with Crippen LogP contribution in [0.5, 0.6) is 0 Å². The van der Waals surface area contributed by atoms with Crippen LogP contribution in [0.25, 0.3) is 21.9 Å². The Bertz CT molecular complexity index is 990. The Kier molecular flexibility index (Phi) is 2.51. The van der Waals surface area contributed by atoms with Crippen molar-refractivity contribution >= 4 is 22.3 Å². The van der Waals surface area contributed by atoms with Crippen molar-refractivity contribution in [3.63, 3.8) is 0 Å². The van der Waals surface area contributed by atoms with E-state index in [9.17, 15) is 18.4 Å². The van der Waals surface area contributed by atoms with Gasteiger partial charge in [0.1, 0.15) is 0 Å². The van der Waals surface area contributed by atoms with Crippen molar-refractivity contribution in [2.45, 2.75) is 0 Å². The van der Waals surface area contributed by atoms with Crippen LogP contribution < -0.4 is 0 Å². The van der Waals surface area contributed by atoms with E-state index < -0.39 is 23.2 Å². The maximum absolute atomic E-state index is 13.5. The van der Waals surface area contributed by atoms with Gasteiger partial charge in [0, 0.05) is 16.5 Å². The summed E-state index contributed by atoms with van der Waals surface area (Å²) in [5.74, 6) is -3.11. The van der Waals surface area contributed by atoms with Crippen LogP contribution in [0, 0.1) is 11.6 Å². The van der Waals surface area contributed by atoms with Crippen LogP contribution in [-0.2, 0) is 0 Å². The molecule has 0 N–H and O–H groups in total. The van der Waals surface area contributed by atoms with E-state index >= 15 is 0 Å². The number of carbonyl (C=O) groups is 2. The van der Waals surface area contributed by atoms with E-state index in [1.54, 1.807) is 24.3 Å². The summed E-state index contributed by atoms with van der Waals surface area (Å²) >= 11 is 0. The van der Waals surface area contributed by atoms with Gasteiger partial charge in [-0.2, -0.15) is 0 Å². The van der Waals surface area contributed by atoms with Gasteiger partial charge in [-0.3, -0.25) is 9.59 Å². The van der Waals surface area contributed by atoms with Gasteiger partial charge >= 0.3 is 0 Å². The lowest BCUT2D eigenvalue weighted by Crippen LogP contribution is -2.07. The molecular formula is C18H8F2O2. The summed E-state index contributed by atoms with van der Waals surface area (Å²) in [6.07, 6.45) is 0. The molecule has 0 unspecified atom stereocenters. The van der Waals surface area contributed by atoms with Gasteiger partial charge in [0.05, 0.1) is 0 Å². The molecule has 0 bridgehead atoms. The Morgan fingerprint density at radius 3 is 2.32 bits per heavy atom. The zero-order chi connectivity index (χ0) is 15.4. The number of Topliss-reactive ketones (excluding diaryl/α,β-unsaturated/α-hetero) is 2. The topological polar surface area (TPSA) is 34.1 Å². The summed E-state index contributed by atoms with van der Waals surface area (Å²) in [6.45, 7) is 0. The van der Waals surface area contributed by atoms with Crippen LogP contribution in [0.15, 0.2) is 48.5 Å². The summed E-state index contributed by atoms with van der Waals surface area (Å²) in [7, 11) is 0. The van der Waals surface area contributed by atoms with Crippen molar-refractivity contribution in [3.05, 3.63) is 71.3 Å². The first-order valence-corrected chi connectivity index (χ1v) is 6.68. The highest BCUT2D eigenvalue weighted by Crippen LogP contribution is 2.37. The van der Waals surface area contributed by atoms with Gasteiger partial charge < -0.3 is 0 Å². The minimum Gasteiger partial charge on any atom is -0.285 e. The van der Waals surface area contributed by atoms with Crippen molar-refractivity contribution in [1.82, 2.24) is 0 Å². The number of ketones is 2. The maximum atomic E-state index is 13.5. The van der Waals surface area contributed by atoms with Gasteiger partial charge in [-0.1, -0.05) is 36.4 Å². The molecule has 0 radical (unpaired) electrons. The molecule has 4 heteroatoms. The highest BCUT2D eigenvalue weighted by atomic mass is 19.2. The van der Waals surface area contributed by atoms with Crippen LogP contribution in [0.4, 0.5) is 8.78 Å². The van der Waals surface area contributed by atoms with Crippen LogP contribution in [0.2, 0.25) is 0 Å². The summed E-state index contributed by atoms with van der Waals surface area (Å²) in [5, 5.41) is 1.36. The minimum absolute atomic E-state index is 0.268. The molecule has 0 aromatic heterocycles. The van der Waals surface area contributed by atoms with Gasteiger partial charge in [-0.25, -0.2) is 8.78 Å². The number of benzene rings is 3. The first-order chi connectivity index (χ1) is 10.6. The summed E-state index contributed by atoms with van der Waals surface area (Å²) in [6, 6.07) is 12.0. The molecule has 4 rings (SSSR count). The molecule has 22 heavy (non-hydrogen) atoms. The van der Waals surface area contributed by atoms with Gasteiger partial charge in [0.25, 0.3) is 0 Å². The van der Waals surface area contributed by atoms with Crippen LogP contribution in [0.3, 0.4) is 0 Å². The maximum Gasteiger partial charge on any atom is 0.234 e. The molecule has 0 atom stereocenters. The third-order valence-electron chi connectivity index (χ3n) is 3.95. The predicted molar refractivity (Wildman–Crippen MR) is 78.0 cm³/mol. The molecule has 106 valence electrons. The predicted octanol–water partition coefficient (Wildman–Crippen LogP) is 4.16. The van der Waals surface area contributed by atoms with E-state index in [4.69, 9.17) is 0 Å². The summed E-state index contributed by atoms with van der Waals surface area (Å²) in [5.41, 5.74) is 1.44. The molecule has 3 aromatic carbocycles. The smallest absolute Gasteiger partial charge is 0.234 e. The highest BCUT2D eigenvalue weighted by Gasteiger charge is 2.33. The molecule has 1 aliphatic carbocycles. The average molecular weight is 294 g/mol. The second-order valence-corrected chi connectivity index (χ2v) is 5.18. The molecule has 3 aromatic rings. The second kappa shape index (κ2) is 4.31. The Balaban J connectivity index is 2.09. The molecule has 0 spiro atoms. The standard InChI is InChI=1S/C18H8F2O2/c19-13-7-5-10(8-14(13)20)11-6-4-9-2-1-3-12-15(9)16(11)18(22)17(12)21/h1-8H. The SMILES string of the molecule is O=C1C(=O)c2c(-c3ccc(F)c(F)c3)ccc3cccc1c23. The zero-order valence-corrected chi connectivity index (χ0v) is 11.2. The van der Waals surface area contributed by atoms with Gasteiger partial charge in [-0.05, 0) is 28.6 Å². The molecule has 0 amide bonds. The normalized spacial score (nSPS) is 13.2. The zero-order valence-electron chi connectivity index (χ0n) is 11.2. The third kappa shape index (κ3) is 1.58. The Labute approximate surface area is 124 Å². The van der Waals surface area contributed by atoms with Crippen LogP contribution >= 0.6 is 0 Å². The van der Waals surface area contributed by atoms with Gasteiger partial charge in [-0.15, -0.1) is 0 Å². The van der Waals surface area contributed by atoms with Crippen LogP contribution in [-0.4, -0.2) is 11.6 Å². The molecule has 0 aliphatic heterocycles. The molecular weight excluding hydrogens is 286 g/mol. The molecule has 0 saturated heterocycles. The van der Waals surface area contributed by atoms with E-state index in [2.05, 4.69) is 0 Å². The first-order valence-electron chi connectivity index (χ1n) is 6.68. The summed E-state index contributed by atoms with van der Waals surface area (Å²) < 4.78 is 26.6. The second-order valence-electron chi connectivity index (χ2n) is 5.18. The quantitative estimate of drug-likeness (QED) is 0.631. The number of halogens is 2. The van der Waals surface area contributed by atoms with Crippen molar-refractivity contribution in [2.75, 3.05) is 0 Å². The molecule has 0 heterocycles. The fourth-order valence-electron chi connectivity index (χ4n) is 2.94. The van der Waals surface area contributed by atoms with Crippen molar-refractivity contribution in [3.8, 4) is 11.1 Å². The van der Waals surface area contributed by atoms with E-state index in [-0.39, 0.29) is 5.56 Å². The molecule has 1 aliphatic rings. The van der Waals surface area contributed by atoms with Crippen molar-refractivity contribution < 1.29 is 18.4 Å². The number of hydrogen-bond acceptors (Lipinski definition) is 2. The number of rotatable bonds is 1. The third-order valence-corrected chi connectivity index (χ3v) is 3.95. The van der Waals surface area contributed by atoms with Gasteiger partial charge in [0.2, 0.25) is 11.6 Å². The Hall–Kier alpha value is -2.88. The van der Waals surface area contributed by atoms with E-state index in [1.807, 2.05) is 6.07 Å². The molecule has 0 fully saturated rings. The monoisotopic (exact) mass is 294 g/mol. The fraction of sp³-hybridized carbons (Fsp3) is 0. The number of hydrogen-bond donors (Lipinski definition) is 0. The first kappa shape index (κ1) is 12.8. The lowest BCUT2D eigenvalue weighted by atomic mass is 9.95. The van der Waals surface area contributed by atoms with Crippen LogP contribution in [0.1, 0.15) is 20.7 Å². The lowest BCUT2D eigenvalue weighted by Gasteiger charge is -2.08. The van der Waals surface area contributed by atoms with Gasteiger partial charge in [0.15, 0.2) is 11.6 Å². The number of carbonyl (C=O) groups excluding carboxylic acids is 2. The van der Waals surface area contributed by atoms with E-state index in [1.165, 1.54) is 6.07 Å². The van der Waals surface area contributed by atoms with Crippen molar-refractivity contribution in [1.29, 1.82) is 0 Å². The average Bonchev–Trinajstić information content (AvgIpc) is 2.78. The minimum atomic E-state index is -0.991. The Morgan fingerprint density at radius 2 is 1.55 bits per heavy atom. The summed E-state index contributed by atoms with van der Waals surface area (Å²) in [4.78, 5) is 24.4. The van der Waals surface area contributed by atoms with E-state index in [0.717, 1.165) is 17.5 Å². The highest BCUT2D eigenvalue weighted by molar-refractivity contribution is 6.58. The molecule has 0 saturated carbocycles. The van der Waals surface area contributed by atoms with Crippen molar-refractivity contribution in [2.24, 2.45) is 0 Å². The fourth-order valence-corrected chi connectivity index (χ4v) is 2.94.